The Morgan fingerprint density at radius 3 is 2.56 bits per heavy atom. The Morgan fingerprint density at radius 1 is 1.33 bits per heavy atom. The highest BCUT2D eigenvalue weighted by atomic mass is 16.3. The minimum Gasteiger partial charge on any atom is -0.396 e. The van der Waals surface area contributed by atoms with E-state index in [2.05, 4.69) is 5.32 Å². The van der Waals surface area contributed by atoms with Crippen LogP contribution in [0.5, 0.6) is 0 Å². The van der Waals surface area contributed by atoms with Crippen LogP contribution in [0.1, 0.15) is 45.4 Å². The van der Waals surface area contributed by atoms with Crippen molar-refractivity contribution < 1.29 is 9.90 Å². The fourth-order valence-corrected chi connectivity index (χ4v) is 2.77. The molecule has 0 bridgehead atoms. The molecule has 4 nitrogen and oxygen atoms in total. The first-order valence-corrected chi connectivity index (χ1v) is 7.30. The number of nitrogens with one attached hydrogen (secondary N) is 1. The Bertz CT molecular complexity index is 284. The molecule has 1 saturated heterocycles. The lowest BCUT2D eigenvalue weighted by Crippen LogP contribution is -2.48. The van der Waals surface area contributed by atoms with Crippen molar-refractivity contribution in [3.05, 3.63) is 0 Å². The summed E-state index contributed by atoms with van der Waals surface area (Å²) >= 11 is 0. The Hall–Kier alpha value is -0.610. The van der Waals surface area contributed by atoms with Crippen molar-refractivity contribution in [1.82, 2.24) is 10.2 Å². The van der Waals surface area contributed by atoms with E-state index in [0.29, 0.717) is 0 Å². The number of likely N-dealkylation sites (tertiary alicyclic amines) is 1. The summed E-state index contributed by atoms with van der Waals surface area (Å²) in [6.45, 7) is 4.94. The van der Waals surface area contributed by atoms with E-state index in [4.69, 9.17) is 5.11 Å². The van der Waals surface area contributed by atoms with Crippen LogP contribution in [0.3, 0.4) is 0 Å². The molecule has 1 heterocycles. The van der Waals surface area contributed by atoms with E-state index in [1.807, 2.05) is 11.8 Å². The standard InChI is InChI=1S/C14H26N2O2/c1-12(13(18)16-8-3-2-4-9-16)15-11-14(5-6-14)7-10-17/h12,15,17H,2-11H2,1H3. The van der Waals surface area contributed by atoms with Gasteiger partial charge in [0.25, 0.3) is 0 Å². The number of rotatable bonds is 6. The van der Waals surface area contributed by atoms with Gasteiger partial charge in [-0.15, -0.1) is 0 Å². The molecule has 2 fully saturated rings. The molecule has 4 heteroatoms. The third kappa shape index (κ3) is 3.45. The van der Waals surface area contributed by atoms with Crippen LogP contribution in [0, 0.1) is 5.41 Å². The number of hydrogen-bond acceptors (Lipinski definition) is 3. The molecule has 1 unspecified atom stereocenters. The largest absolute Gasteiger partial charge is 0.396 e. The van der Waals surface area contributed by atoms with E-state index in [0.717, 1.165) is 38.9 Å². The van der Waals surface area contributed by atoms with Crippen LogP contribution in [0.2, 0.25) is 0 Å². The second-order valence-corrected chi connectivity index (χ2v) is 5.96. The normalized spacial score (nSPS) is 23.8. The Balaban J connectivity index is 1.73. The third-order valence-electron chi connectivity index (χ3n) is 4.42. The number of carbonyl (C=O) groups excluding carboxylic acids is 1. The number of aliphatic hydroxyl groups excluding tert-OH is 1. The van der Waals surface area contributed by atoms with E-state index < -0.39 is 0 Å². The van der Waals surface area contributed by atoms with E-state index in [-0.39, 0.29) is 24.0 Å². The topological polar surface area (TPSA) is 52.6 Å². The number of hydrogen-bond donors (Lipinski definition) is 2. The van der Waals surface area contributed by atoms with Gasteiger partial charge in [-0.05, 0) is 50.9 Å². The summed E-state index contributed by atoms with van der Waals surface area (Å²) in [4.78, 5) is 14.2. The summed E-state index contributed by atoms with van der Waals surface area (Å²) in [6, 6.07) is -0.0840. The van der Waals surface area contributed by atoms with Gasteiger partial charge in [-0.3, -0.25) is 4.79 Å². The molecule has 1 amide bonds. The second-order valence-electron chi connectivity index (χ2n) is 5.96. The molecule has 1 atom stereocenters. The molecule has 0 aromatic carbocycles. The number of aliphatic hydroxyl groups is 1. The van der Waals surface area contributed by atoms with Gasteiger partial charge in [-0.1, -0.05) is 0 Å². The highest BCUT2D eigenvalue weighted by Crippen LogP contribution is 2.47. The average molecular weight is 254 g/mol. The van der Waals surface area contributed by atoms with Gasteiger partial charge < -0.3 is 15.3 Å². The van der Waals surface area contributed by atoms with Crippen LogP contribution in [0.25, 0.3) is 0 Å². The van der Waals surface area contributed by atoms with Gasteiger partial charge >= 0.3 is 0 Å². The summed E-state index contributed by atoms with van der Waals surface area (Å²) in [5.41, 5.74) is 0.283. The molecule has 2 rings (SSSR count). The number of carbonyl (C=O) groups is 1. The first kappa shape index (κ1) is 13.8. The lowest BCUT2D eigenvalue weighted by atomic mass is 10.0. The lowest BCUT2D eigenvalue weighted by molar-refractivity contribution is -0.134. The van der Waals surface area contributed by atoms with Gasteiger partial charge in [0.15, 0.2) is 0 Å². The fourth-order valence-electron chi connectivity index (χ4n) is 2.77. The van der Waals surface area contributed by atoms with Crippen LogP contribution in [-0.4, -0.2) is 48.2 Å². The van der Waals surface area contributed by atoms with Gasteiger partial charge in [-0.25, -0.2) is 0 Å². The van der Waals surface area contributed by atoms with Crippen LogP contribution in [-0.2, 0) is 4.79 Å². The molecule has 0 radical (unpaired) electrons. The SMILES string of the molecule is CC(NCC1(CCO)CC1)C(=O)N1CCCCC1. The Morgan fingerprint density at radius 2 is 2.00 bits per heavy atom. The van der Waals surface area contributed by atoms with Crippen molar-refractivity contribution in [3.63, 3.8) is 0 Å². The van der Waals surface area contributed by atoms with Crippen molar-refractivity contribution >= 4 is 5.91 Å². The van der Waals surface area contributed by atoms with Crippen LogP contribution < -0.4 is 5.32 Å². The zero-order chi connectivity index (χ0) is 13.0. The quantitative estimate of drug-likeness (QED) is 0.747. The van der Waals surface area contributed by atoms with E-state index in [9.17, 15) is 4.79 Å². The predicted octanol–water partition coefficient (Wildman–Crippen LogP) is 1.14. The summed E-state index contributed by atoms with van der Waals surface area (Å²) < 4.78 is 0. The van der Waals surface area contributed by atoms with Crippen molar-refractivity contribution in [2.45, 2.75) is 51.5 Å². The van der Waals surface area contributed by atoms with Crippen molar-refractivity contribution in [2.24, 2.45) is 5.41 Å². The van der Waals surface area contributed by atoms with Gasteiger partial charge in [0.1, 0.15) is 0 Å². The van der Waals surface area contributed by atoms with Crippen LogP contribution in [0.15, 0.2) is 0 Å². The van der Waals surface area contributed by atoms with E-state index in [1.165, 1.54) is 19.3 Å². The molecule has 0 aromatic rings. The average Bonchev–Trinajstić information content (AvgIpc) is 3.17. The lowest BCUT2D eigenvalue weighted by Gasteiger charge is -2.30. The zero-order valence-electron chi connectivity index (χ0n) is 11.5. The smallest absolute Gasteiger partial charge is 0.239 e. The summed E-state index contributed by atoms with van der Waals surface area (Å²) in [5.74, 6) is 0.245. The number of amides is 1. The van der Waals surface area contributed by atoms with Gasteiger partial charge in [-0.2, -0.15) is 0 Å². The molecule has 0 spiro atoms. The maximum absolute atomic E-state index is 12.2. The van der Waals surface area contributed by atoms with Gasteiger partial charge in [0.2, 0.25) is 5.91 Å². The van der Waals surface area contributed by atoms with E-state index in [1.54, 1.807) is 0 Å². The first-order chi connectivity index (χ1) is 8.67. The number of piperidine rings is 1. The second kappa shape index (κ2) is 6.02. The fraction of sp³-hybridized carbons (Fsp3) is 0.929. The minimum atomic E-state index is -0.0840. The monoisotopic (exact) mass is 254 g/mol. The van der Waals surface area contributed by atoms with Crippen molar-refractivity contribution in [2.75, 3.05) is 26.2 Å². The zero-order valence-corrected chi connectivity index (χ0v) is 11.5. The van der Waals surface area contributed by atoms with Crippen molar-refractivity contribution in [1.29, 1.82) is 0 Å². The first-order valence-electron chi connectivity index (χ1n) is 7.30. The molecule has 2 N–H and O–H groups in total. The Labute approximate surface area is 110 Å². The maximum atomic E-state index is 12.2. The molecule has 2 aliphatic rings. The highest BCUT2D eigenvalue weighted by Gasteiger charge is 2.42. The maximum Gasteiger partial charge on any atom is 0.239 e. The summed E-state index contributed by atoms with van der Waals surface area (Å²) in [7, 11) is 0. The van der Waals surface area contributed by atoms with Gasteiger partial charge in [0.05, 0.1) is 6.04 Å². The molecule has 1 aliphatic heterocycles. The number of nitrogens with zero attached hydrogens (tertiary/aromatic N) is 1. The van der Waals surface area contributed by atoms with Crippen molar-refractivity contribution in [3.8, 4) is 0 Å². The summed E-state index contributed by atoms with van der Waals surface area (Å²) in [6.07, 6.45) is 6.78. The summed E-state index contributed by atoms with van der Waals surface area (Å²) in [5, 5.41) is 12.4. The molecule has 18 heavy (non-hydrogen) atoms. The minimum absolute atomic E-state index is 0.0840. The van der Waals surface area contributed by atoms with Gasteiger partial charge in [0, 0.05) is 26.2 Å². The highest BCUT2D eigenvalue weighted by molar-refractivity contribution is 5.81. The molecule has 104 valence electrons. The molecular weight excluding hydrogens is 228 g/mol. The molecule has 0 aromatic heterocycles. The Kier molecular flexibility index (Phi) is 4.62. The van der Waals surface area contributed by atoms with E-state index >= 15 is 0 Å². The van der Waals surface area contributed by atoms with Crippen LogP contribution >= 0.6 is 0 Å². The van der Waals surface area contributed by atoms with Crippen LogP contribution in [0.4, 0.5) is 0 Å². The predicted molar refractivity (Wildman–Crippen MR) is 71.3 cm³/mol. The molecule has 1 saturated carbocycles. The molecular formula is C14H26N2O2. The molecule has 1 aliphatic carbocycles. The third-order valence-corrected chi connectivity index (χ3v) is 4.42.